The van der Waals surface area contributed by atoms with Crippen molar-refractivity contribution in [3.05, 3.63) is 36.0 Å². The van der Waals surface area contributed by atoms with Gasteiger partial charge in [0.2, 0.25) is 0 Å². The van der Waals surface area contributed by atoms with Gasteiger partial charge in [-0.25, -0.2) is 4.98 Å². The second-order valence-electron chi connectivity index (χ2n) is 6.29. The molecule has 2 unspecified atom stereocenters. The van der Waals surface area contributed by atoms with Crippen LogP contribution in [0.4, 0.5) is 0 Å². The zero-order valence-electron chi connectivity index (χ0n) is 12.6. The van der Waals surface area contributed by atoms with E-state index in [1.807, 2.05) is 32.2 Å². The van der Waals surface area contributed by atoms with Crippen LogP contribution in [0.2, 0.25) is 0 Å². The van der Waals surface area contributed by atoms with E-state index in [9.17, 15) is 0 Å². The van der Waals surface area contributed by atoms with E-state index in [0.29, 0.717) is 6.04 Å². The average Bonchev–Trinajstić information content (AvgIpc) is 2.43. The molecule has 0 bridgehead atoms. The molecule has 1 saturated carbocycles. The molecule has 2 aromatic rings. The summed E-state index contributed by atoms with van der Waals surface area (Å²) < 4.78 is 6.26. The van der Waals surface area contributed by atoms with E-state index in [2.05, 4.69) is 36.3 Å². The fourth-order valence-electron chi connectivity index (χ4n) is 3.04. The van der Waals surface area contributed by atoms with Gasteiger partial charge in [-0.1, -0.05) is 32.0 Å². The first kappa shape index (κ1) is 13.4. The minimum absolute atomic E-state index is 0.154. The number of pyridine rings is 1. The summed E-state index contributed by atoms with van der Waals surface area (Å²) in [7, 11) is 2.02. The molecule has 0 spiro atoms. The number of benzene rings is 1. The van der Waals surface area contributed by atoms with Crippen LogP contribution >= 0.6 is 0 Å². The summed E-state index contributed by atoms with van der Waals surface area (Å²) >= 11 is 0. The lowest BCUT2D eigenvalue weighted by Crippen LogP contribution is -2.61. The smallest absolute Gasteiger partial charge is 0.145 e. The second kappa shape index (κ2) is 4.74. The summed E-state index contributed by atoms with van der Waals surface area (Å²) in [5.74, 6) is 0.902. The van der Waals surface area contributed by atoms with Crippen molar-refractivity contribution < 1.29 is 4.74 Å². The zero-order valence-corrected chi connectivity index (χ0v) is 12.6. The summed E-state index contributed by atoms with van der Waals surface area (Å²) in [4.78, 5) is 4.63. The minimum atomic E-state index is 0.154. The van der Waals surface area contributed by atoms with Crippen molar-refractivity contribution in [1.29, 1.82) is 0 Å². The molecular formula is C17H22N2O. The number of nitrogens with one attached hydrogen (secondary N) is 1. The monoisotopic (exact) mass is 270 g/mol. The average molecular weight is 270 g/mol. The van der Waals surface area contributed by atoms with Gasteiger partial charge in [0.05, 0.1) is 0 Å². The Morgan fingerprint density at radius 1 is 1.25 bits per heavy atom. The Morgan fingerprint density at radius 3 is 2.75 bits per heavy atom. The lowest BCUT2D eigenvalue weighted by atomic mass is 9.64. The van der Waals surface area contributed by atoms with Gasteiger partial charge in [0.15, 0.2) is 0 Å². The molecule has 1 aliphatic carbocycles. The van der Waals surface area contributed by atoms with E-state index >= 15 is 0 Å². The molecule has 0 amide bonds. The predicted molar refractivity (Wildman–Crippen MR) is 82.1 cm³/mol. The van der Waals surface area contributed by atoms with E-state index in [1.54, 1.807) is 0 Å². The van der Waals surface area contributed by atoms with Gasteiger partial charge in [-0.3, -0.25) is 0 Å². The van der Waals surface area contributed by atoms with Gasteiger partial charge in [-0.2, -0.15) is 0 Å². The van der Waals surface area contributed by atoms with Gasteiger partial charge in [-0.15, -0.1) is 0 Å². The van der Waals surface area contributed by atoms with Crippen molar-refractivity contribution >= 4 is 10.9 Å². The molecule has 3 heteroatoms. The summed E-state index contributed by atoms with van der Waals surface area (Å²) in [6.45, 7) is 6.53. The fourth-order valence-corrected chi connectivity index (χ4v) is 3.04. The van der Waals surface area contributed by atoms with Crippen LogP contribution in [-0.2, 0) is 0 Å². The number of rotatable bonds is 3. The number of aryl methyl sites for hydroxylation is 1. The van der Waals surface area contributed by atoms with Crippen molar-refractivity contribution in [1.82, 2.24) is 10.3 Å². The molecule has 1 heterocycles. The van der Waals surface area contributed by atoms with Crippen molar-refractivity contribution in [3.63, 3.8) is 0 Å². The third-order valence-electron chi connectivity index (χ3n) is 4.62. The Hall–Kier alpha value is -1.61. The Morgan fingerprint density at radius 2 is 2.05 bits per heavy atom. The summed E-state index contributed by atoms with van der Waals surface area (Å²) in [5.41, 5.74) is 2.14. The number of para-hydroxylation sites is 1. The Kier molecular flexibility index (Phi) is 3.17. The van der Waals surface area contributed by atoms with Gasteiger partial charge >= 0.3 is 0 Å². The third-order valence-corrected chi connectivity index (χ3v) is 4.62. The molecule has 3 rings (SSSR count). The normalized spacial score (nSPS) is 24.4. The van der Waals surface area contributed by atoms with Gasteiger partial charge in [-0.05, 0) is 26.1 Å². The van der Waals surface area contributed by atoms with Crippen LogP contribution in [0.3, 0.4) is 0 Å². The highest BCUT2D eigenvalue weighted by Crippen LogP contribution is 2.43. The van der Waals surface area contributed by atoms with Crippen LogP contribution in [0, 0.1) is 12.3 Å². The zero-order chi connectivity index (χ0) is 14.3. The quantitative estimate of drug-likeness (QED) is 0.929. The van der Waals surface area contributed by atoms with Gasteiger partial charge in [0.25, 0.3) is 0 Å². The topological polar surface area (TPSA) is 34.1 Å². The predicted octanol–water partition coefficient (Wildman–Crippen LogP) is 3.31. The van der Waals surface area contributed by atoms with Crippen molar-refractivity contribution in [2.75, 3.05) is 7.05 Å². The largest absolute Gasteiger partial charge is 0.487 e. The highest BCUT2D eigenvalue weighted by molar-refractivity contribution is 5.84. The molecule has 1 N–H and O–H groups in total. The maximum atomic E-state index is 6.26. The van der Waals surface area contributed by atoms with Crippen LogP contribution < -0.4 is 10.1 Å². The van der Waals surface area contributed by atoms with Crippen LogP contribution in [0.25, 0.3) is 10.9 Å². The molecule has 1 fully saturated rings. The molecule has 1 aromatic heterocycles. The molecule has 0 aliphatic heterocycles. The van der Waals surface area contributed by atoms with Crippen LogP contribution in [0.5, 0.6) is 5.75 Å². The first-order valence-electron chi connectivity index (χ1n) is 7.22. The number of hydrogen-bond acceptors (Lipinski definition) is 3. The van der Waals surface area contributed by atoms with Crippen LogP contribution in [-0.4, -0.2) is 24.2 Å². The maximum Gasteiger partial charge on any atom is 0.145 e. The Balaban J connectivity index is 1.91. The van der Waals surface area contributed by atoms with Crippen molar-refractivity contribution in [2.45, 2.75) is 39.3 Å². The number of nitrogens with zero attached hydrogens (tertiary/aromatic N) is 1. The fraction of sp³-hybridized carbons (Fsp3) is 0.471. The minimum Gasteiger partial charge on any atom is -0.487 e. The highest BCUT2D eigenvalue weighted by Gasteiger charge is 2.49. The lowest BCUT2D eigenvalue weighted by molar-refractivity contribution is -0.0513. The van der Waals surface area contributed by atoms with Crippen LogP contribution in [0.15, 0.2) is 30.3 Å². The lowest BCUT2D eigenvalue weighted by Gasteiger charge is -2.51. The molecule has 1 aromatic carbocycles. The third kappa shape index (κ3) is 2.06. The molecule has 106 valence electrons. The summed E-state index contributed by atoms with van der Waals surface area (Å²) in [5, 5.41) is 4.49. The maximum absolute atomic E-state index is 6.26. The van der Waals surface area contributed by atoms with E-state index in [-0.39, 0.29) is 11.5 Å². The van der Waals surface area contributed by atoms with Crippen molar-refractivity contribution in [3.8, 4) is 5.75 Å². The molecule has 1 aliphatic rings. The van der Waals surface area contributed by atoms with Gasteiger partial charge in [0.1, 0.15) is 17.4 Å². The second-order valence-corrected chi connectivity index (χ2v) is 6.29. The number of hydrogen-bond donors (Lipinski definition) is 1. The molecule has 3 nitrogen and oxygen atoms in total. The first-order chi connectivity index (χ1) is 9.52. The van der Waals surface area contributed by atoms with E-state index in [4.69, 9.17) is 4.74 Å². The number of fused-ring (bicyclic) bond motifs is 1. The molecule has 0 saturated heterocycles. The van der Waals surface area contributed by atoms with E-state index < -0.39 is 0 Å². The molecular weight excluding hydrogens is 248 g/mol. The Bertz CT molecular complexity index is 636. The first-order valence-corrected chi connectivity index (χ1v) is 7.22. The highest BCUT2D eigenvalue weighted by atomic mass is 16.5. The molecule has 0 radical (unpaired) electrons. The number of ether oxygens (including phenoxy) is 1. The SMILES string of the molecule is CNC1CC(Oc2cccc3ccc(C)nc23)C1(C)C. The van der Waals surface area contributed by atoms with E-state index in [0.717, 1.165) is 28.8 Å². The summed E-state index contributed by atoms with van der Waals surface area (Å²) in [6.07, 6.45) is 1.29. The standard InChI is InChI=1S/C17H22N2O/c1-11-8-9-12-6-5-7-13(16(12)19-11)20-15-10-14(18-4)17(15,2)3/h5-9,14-15,18H,10H2,1-4H3. The van der Waals surface area contributed by atoms with Crippen molar-refractivity contribution in [2.24, 2.45) is 5.41 Å². The summed E-state index contributed by atoms with van der Waals surface area (Å²) in [6, 6.07) is 10.8. The van der Waals surface area contributed by atoms with Crippen LogP contribution in [0.1, 0.15) is 26.0 Å². The van der Waals surface area contributed by atoms with Gasteiger partial charge < -0.3 is 10.1 Å². The Labute approximate surface area is 120 Å². The van der Waals surface area contributed by atoms with Gasteiger partial charge in [0, 0.05) is 29.0 Å². The molecule has 2 atom stereocenters. The molecule has 20 heavy (non-hydrogen) atoms. The number of aromatic nitrogens is 1. The van der Waals surface area contributed by atoms with E-state index in [1.165, 1.54) is 0 Å².